The fourth-order valence-corrected chi connectivity index (χ4v) is 2.15. The highest BCUT2D eigenvalue weighted by Gasteiger charge is 2.07. The summed E-state index contributed by atoms with van der Waals surface area (Å²) in [5.41, 5.74) is 1.27. The number of rotatable bonds is 10. The molecule has 0 bridgehead atoms. The molecule has 1 amide bonds. The van der Waals surface area contributed by atoms with Crippen LogP contribution in [0.1, 0.15) is 30.6 Å². The van der Waals surface area contributed by atoms with Crippen molar-refractivity contribution in [2.24, 2.45) is 0 Å². The first kappa shape index (κ1) is 18.8. The maximum absolute atomic E-state index is 12.4. The fraction of sp³-hybridized carbons (Fsp3) is 0.350. The van der Waals surface area contributed by atoms with E-state index in [-0.39, 0.29) is 5.91 Å². The largest absolute Gasteiger partial charge is 0.494 e. The van der Waals surface area contributed by atoms with E-state index < -0.39 is 0 Å². The van der Waals surface area contributed by atoms with Crippen molar-refractivity contribution in [1.82, 2.24) is 0 Å². The van der Waals surface area contributed by atoms with Crippen molar-refractivity contribution >= 4 is 11.6 Å². The molecule has 25 heavy (non-hydrogen) atoms. The van der Waals surface area contributed by atoms with Crippen molar-refractivity contribution < 1.29 is 19.0 Å². The van der Waals surface area contributed by atoms with Crippen molar-refractivity contribution in [3.05, 3.63) is 54.1 Å². The molecule has 1 N–H and O–H groups in total. The van der Waals surface area contributed by atoms with Crippen LogP contribution < -0.4 is 14.8 Å². The van der Waals surface area contributed by atoms with Gasteiger partial charge in [-0.25, -0.2) is 0 Å². The van der Waals surface area contributed by atoms with Crippen molar-refractivity contribution in [2.45, 2.75) is 20.3 Å². The quantitative estimate of drug-likeness (QED) is 0.659. The minimum absolute atomic E-state index is 0.174. The van der Waals surface area contributed by atoms with Crippen LogP contribution in [0.25, 0.3) is 0 Å². The van der Waals surface area contributed by atoms with Gasteiger partial charge in [0, 0.05) is 17.9 Å². The normalized spacial score (nSPS) is 10.3. The summed E-state index contributed by atoms with van der Waals surface area (Å²) in [6.45, 7) is 6.37. The zero-order chi connectivity index (χ0) is 17.9. The van der Waals surface area contributed by atoms with E-state index in [9.17, 15) is 4.79 Å². The van der Waals surface area contributed by atoms with Gasteiger partial charge >= 0.3 is 0 Å². The highest BCUT2D eigenvalue weighted by Crippen LogP contribution is 2.18. The molecule has 0 fully saturated rings. The molecule has 0 heterocycles. The molecule has 0 aliphatic heterocycles. The maximum atomic E-state index is 12.4. The number of anilines is 1. The molecule has 0 saturated carbocycles. The van der Waals surface area contributed by atoms with Gasteiger partial charge in [0.2, 0.25) is 0 Å². The second-order valence-electron chi connectivity index (χ2n) is 5.40. The third-order valence-electron chi connectivity index (χ3n) is 3.38. The third kappa shape index (κ3) is 6.47. The molecule has 0 spiro atoms. The van der Waals surface area contributed by atoms with Gasteiger partial charge in [0.1, 0.15) is 18.1 Å². The topological polar surface area (TPSA) is 56.8 Å². The molecule has 0 aromatic heterocycles. The summed E-state index contributed by atoms with van der Waals surface area (Å²) in [6.07, 6.45) is 0.926. The fourth-order valence-electron chi connectivity index (χ4n) is 2.15. The van der Waals surface area contributed by atoms with Gasteiger partial charge in [0.05, 0.1) is 13.2 Å². The molecular formula is C20H25NO4. The van der Waals surface area contributed by atoms with Crippen molar-refractivity contribution in [1.29, 1.82) is 0 Å². The van der Waals surface area contributed by atoms with E-state index in [4.69, 9.17) is 14.2 Å². The van der Waals surface area contributed by atoms with Crippen molar-refractivity contribution in [3.8, 4) is 11.5 Å². The monoisotopic (exact) mass is 343 g/mol. The average molecular weight is 343 g/mol. The Bertz CT molecular complexity index is 655. The number of hydrogen-bond acceptors (Lipinski definition) is 4. The number of amides is 1. The van der Waals surface area contributed by atoms with Gasteiger partial charge < -0.3 is 19.5 Å². The van der Waals surface area contributed by atoms with Gasteiger partial charge in [-0.1, -0.05) is 13.0 Å². The number of nitrogens with one attached hydrogen (secondary N) is 1. The number of hydrogen-bond donors (Lipinski definition) is 1. The van der Waals surface area contributed by atoms with E-state index in [0.717, 1.165) is 12.2 Å². The smallest absolute Gasteiger partial charge is 0.255 e. The molecule has 0 atom stereocenters. The highest BCUT2D eigenvalue weighted by molar-refractivity contribution is 6.04. The highest BCUT2D eigenvalue weighted by atomic mass is 16.5. The molecular weight excluding hydrogens is 318 g/mol. The second kappa shape index (κ2) is 10.4. The molecule has 2 aromatic carbocycles. The van der Waals surface area contributed by atoms with Crippen LogP contribution in [0.4, 0.5) is 5.69 Å². The lowest BCUT2D eigenvalue weighted by atomic mass is 10.2. The summed E-state index contributed by atoms with van der Waals surface area (Å²) >= 11 is 0. The van der Waals surface area contributed by atoms with E-state index in [1.165, 1.54) is 0 Å². The van der Waals surface area contributed by atoms with Crippen LogP contribution in [0.3, 0.4) is 0 Å². The first-order chi connectivity index (χ1) is 12.2. The van der Waals surface area contributed by atoms with Crippen LogP contribution in [-0.2, 0) is 4.74 Å². The number of carbonyl (C=O) groups excluding carboxylic acids is 1. The molecule has 2 aromatic rings. The van der Waals surface area contributed by atoms with Crippen LogP contribution in [-0.4, -0.2) is 32.3 Å². The predicted octanol–water partition coefficient (Wildman–Crippen LogP) is 4.14. The molecule has 134 valence electrons. The Kier molecular flexibility index (Phi) is 7.79. The minimum atomic E-state index is -0.174. The molecule has 0 saturated heterocycles. The summed E-state index contributed by atoms with van der Waals surface area (Å²) in [5, 5.41) is 2.87. The Morgan fingerprint density at radius 2 is 1.68 bits per heavy atom. The standard InChI is InChI=1S/C20H25NO4/c1-3-12-24-19-7-5-6-16(15-19)20(22)21-17-8-10-18(11-9-17)25-14-13-23-4-2/h5-11,15H,3-4,12-14H2,1-2H3,(H,21,22). The molecule has 5 heteroatoms. The number of benzene rings is 2. The van der Waals surface area contributed by atoms with Gasteiger partial charge in [0.15, 0.2) is 0 Å². The average Bonchev–Trinajstić information content (AvgIpc) is 2.65. The van der Waals surface area contributed by atoms with Crippen LogP contribution in [0.15, 0.2) is 48.5 Å². The second-order valence-corrected chi connectivity index (χ2v) is 5.40. The van der Waals surface area contributed by atoms with Gasteiger partial charge in [-0.05, 0) is 55.8 Å². The molecule has 0 aliphatic carbocycles. The van der Waals surface area contributed by atoms with E-state index >= 15 is 0 Å². The van der Waals surface area contributed by atoms with Gasteiger partial charge in [-0.15, -0.1) is 0 Å². The van der Waals surface area contributed by atoms with Crippen LogP contribution in [0.5, 0.6) is 11.5 Å². The summed E-state index contributed by atoms with van der Waals surface area (Å²) in [5.74, 6) is 1.27. The lowest BCUT2D eigenvalue weighted by Crippen LogP contribution is -2.12. The maximum Gasteiger partial charge on any atom is 0.255 e. The SMILES string of the molecule is CCCOc1cccc(C(=O)Nc2ccc(OCCOCC)cc2)c1. The molecule has 0 radical (unpaired) electrons. The van der Waals surface area contributed by atoms with Gasteiger partial charge in [-0.2, -0.15) is 0 Å². The summed E-state index contributed by atoms with van der Waals surface area (Å²) < 4.78 is 16.3. The Morgan fingerprint density at radius 3 is 2.40 bits per heavy atom. The zero-order valence-electron chi connectivity index (χ0n) is 14.8. The summed E-state index contributed by atoms with van der Waals surface area (Å²) in [6, 6.07) is 14.4. The number of ether oxygens (including phenoxy) is 3. The molecule has 0 unspecified atom stereocenters. The Morgan fingerprint density at radius 1 is 0.920 bits per heavy atom. The van der Waals surface area contributed by atoms with E-state index in [1.54, 1.807) is 12.1 Å². The van der Waals surface area contributed by atoms with E-state index in [2.05, 4.69) is 5.32 Å². The van der Waals surface area contributed by atoms with Crippen molar-refractivity contribution in [2.75, 3.05) is 31.7 Å². The molecule has 5 nitrogen and oxygen atoms in total. The van der Waals surface area contributed by atoms with Crippen molar-refractivity contribution in [3.63, 3.8) is 0 Å². The van der Waals surface area contributed by atoms with Crippen LogP contribution in [0, 0.1) is 0 Å². The zero-order valence-corrected chi connectivity index (χ0v) is 14.8. The first-order valence-electron chi connectivity index (χ1n) is 8.57. The summed E-state index contributed by atoms with van der Waals surface area (Å²) in [7, 11) is 0. The van der Waals surface area contributed by atoms with E-state index in [0.29, 0.717) is 43.4 Å². The van der Waals surface area contributed by atoms with Crippen LogP contribution >= 0.6 is 0 Å². The molecule has 2 rings (SSSR count). The summed E-state index contributed by atoms with van der Waals surface area (Å²) in [4.78, 5) is 12.4. The van der Waals surface area contributed by atoms with Crippen LogP contribution in [0.2, 0.25) is 0 Å². The third-order valence-corrected chi connectivity index (χ3v) is 3.38. The Labute approximate surface area is 148 Å². The predicted molar refractivity (Wildman–Crippen MR) is 98.6 cm³/mol. The number of carbonyl (C=O) groups is 1. The minimum Gasteiger partial charge on any atom is -0.494 e. The Hall–Kier alpha value is -2.53. The molecule has 0 aliphatic rings. The lowest BCUT2D eigenvalue weighted by molar-refractivity contribution is 0.102. The Balaban J connectivity index is 1.89. The lowest BCUT2D eigenvalue weighted by Gasteiger charge is -2.09. The van der Waals surface area contributed by atoms with Gasteiger partial charge in [0.25, 0.3) is 5.91 Å². The van der Waals surface area contributed by atoms with Gasteiger partial charge in [-0.3, -0.25) is 4.79 Å². The first-order valence-corrected chi connectivity index (χ1v) is 8.57. The van der Waals surface area contributed by atoms with E-state index in [1.807, 2.05) is 50.2 Å².